The lowest BCUT2D eigenvalue weighted by molar-refractivity contribution is -0.131. The number of para-hydroxylation sites is 1. The molecule has 1 atom stereocenters. The summed E-state index contributed by atoms with van der Waals surface area (Å²) in [5.74, 6) is 0.903. The molecular formula is C23H32IN5O. The Morgan fingerprint density at radius 1 is 1.00 bits per heavy atom. The van der Waals surface area contributed by atoms with Crippen LogP contribution in [0.1, 0.15) is 24.9 Å². The van der Waals surface area contributed by atoms with E-state index in [1.165, 1.54) is 11.3 Å². The maximum atomic E-state index is 12.6. The summed E-state index contributed by atoms with van der Waals surface area (Å²) in [6.07, 6.45) is 0.464. The van der Waals surface area contributed by atoms with Crippen molar-refractivity contribution < 1.29 is 4.79 Å². The molecule has 0 radical (unpaired) electrons. The number of rotatable bonds is 6. The zero-order valence-corrected chi connectivity index (χ0v) is 20.1. The van der Waals surface area contributed by atoms with Gasteiger partial charge in [-0.05, 0) is 24.6 Å². The van der Waals surface area contributed by atoms with E-state index in [9.17, 15) is 4.79 Å². The third kappa shape index (κ3) is 6.90. The van der Waals surface area contributed by atoms with E-state index in [-0.39, 0.29) is 35.9 Å². The molecule has 1 unspecified atom stereocenters. The van der Waals surface area contributed by atoms with Gasteiger partial charge in [0.15, 0.2) is 5.96 Å². The second-order valence-electron chi connectivity index (χ2n) is 7.23. The molecule has 0 spiro atoms. The molecule has 2 aromatic rings. The van der Waals surface area contributed by atoms with Gasteiger partial charge in [-0.1, -0.05) is 48.5 Å². The van der Waals surface area contributed by atoms with Crippen LogP contribution in [0, 0.1) is 0 Å². The topological polar surface area (TPSA) is 60.0 Å². The highest BCUT2D eigenvalue weighted by Crippen LogP contribution is 2.16. The Kier molecular flexibility index (Phi) is 9.93. The molecule has 1 aliphatic rings. The zero-order valence-electron chi connectivity index (χ0n) is 17.8. The molecule has 0 saturated carbocycles. The van der Waals surface area contributed by atoms with Crippen LogP contribution in [0.2, 0.25) is 0 Å². The predicted octanol–water partition coefficient (Wildman–Crippen LogP) is 3.27. The van der Waals surface area contributed by atoms with Crippen molar-refractivity contribution in [2.45, 2.75) is 19.4 Å². The third-order valence-corrected chi connectivity index (χ3v) is 5.26. The molecule has 30 heavy (non-hydrogen) atoms. The third-order valence-electron chi connectivity index (χ3n) is 5.26. The van der Waals surface area contributed by atoms with E-state index >= 15 is 0 Å². The molecule has 6 nitrogen and oxygen atoms in total. The molecule has 1 fully saturated rings. The second-order valence-corrected chi connectivity index (χ2v) is 7.23. The first kappa shape index (κ1) is 24.0. The summed E-state index contributed by atoms with van der Waals surface area (Å²) >= 11 is 0. The number of nitrogens with zero attached hydrogens (tertiary/aromatic N) is 3. The second kappa shape index (κ2) is 12.4. The molecule has 7 heteroatoms. The van der Waals surface area contributed by atoms with Gasteiger partial charge in [0.05, 0.1) is 6.04 Å². The summed E-state index contributed by atoms with van der Waals surface area (Å²) in [5, 5.41) is 6.62. The fourth-order valence-corrected chi connectivity index (χ4v) is 3.52. The van der Waals surface area contributed by atoms with Crippen LogP contribution in [0.5, 0.6) is 0 Å². The highest BCUT2D eigenvalue weighted by molar-refractivity contribution is 14.0. The number of halogens is 1. The van der Waals surface area contributed by atoms with Crippen molar-refractivity contribution in [2.75, 3.05) is 44.7 Å². The van der Waals surface area contributed by atoms with Crippen molar-refractivity contribution in [3.8, 4) is 0 Å². The van der Waals surface area contributed by atoms with E-state index in [1.54, 1.807) is 7.05 Å². The minimum Gasteiger partial charge on any atom is -0.368 e. The van der Waals surface area contributed by atoms with Crippen LogP contribution in [0.25, 0.3) is 0 Å². The molecule has 1 saturated heterocycles. The van der Waals surface area contributed by atoms with Gasteiger partial charge in [-0.25, -0.2) is 0 Å². The SMILES string of the molecule is CN=C(NCCC(=O)N1CCN(c2ccccc2)CC1)NC(C)c1ccccc1.I. The van der Waals surface area contributed by atoms with Crippen LogP contribution in [0.15, 0.2) is 65.7 Å². The first-order valence-electron chi connectivity index (χ1n) is 10.3. The molecule has 162 valence electrons. The van der Waals surface area contributed by atoms with Crippen LogP contribution < -0.4 is 15.5 Å². The van der Waals surface area contributed by atoms with Gasteiger partial charge in [0.25, 0.3) is 0 Å². The number of nitrogens with one attached hydrogen (secondary N) is 2. The lowest BCUT2D eigenvalue weighted by Gasteiger charge is -2.36. The molecule has 2 aromatic carbocycles. The molecular weight excluding hydrogens is 489 g/mol. The van der Waals surface area contributed by atoms with Crippen molar-refractivity contribution in [2.24, 2.45) is 4.99 Å². The highest BCUT2D eigenvalue weighted by Gasteiger charge is 2.21. The molecule has 0 bridgehead atoms. The first-order valence-corrected chi connectivity index (χ1v) is 10.3. The largest absolute Gasteiger partial charge is 0.368 e. The summed E-state index contributed by atoms with van der Waals surface area (Å²) in [4.78, 5) is 21.1. The van der Waals surface area contributed by atoms with E-state index in [1.807, 2.05) is 29.2 Å². The number of aliphatic imine (C=N–C) groups is 1. The molecule has 0 aliphatic carbocycles. The molecule has 0 aromatic heterocycles. The lowest BCUT2D eigenvalue weighted by Crippen LogP contribution is -2.49. The average molecular weight is 521 g/mol. The fourth-order valence-electron chi connectivity index (χ4n) is 3.52. The van der Waals surface area contributed by atoms with Crippen LogP contribution in [-0.4, -0.2) is 56.5 Å². The number of guanidine groups is 1. The number of piperazine rings is 1. The number of hydrogen-bond acceptors (Lipinski definition) is 3. The Bertz CT molecular complexity index is 792. The predicted molar refractivity (Wildman–Crippen MR) is 135 cm³/mol. The summed E-state index contributed by atoms with van der Waals surface area (Å²) in [5.41, 5.74) is 2.42. The number of carbonyl (C=O) groups excluding carboxylic acids is 1. The summed E-state index contributed by atoms with van der Waals surface area (Å²) in [6.45, 7) is 5.96. The van der Waals surface area contributed by atoms with E-state index in [2.05, 4.69) is 63.8 Å². The van der Waals surface area contributed by atoms with Crippen molar-refractivity contribution in [1.29, 1.82) is 0 Å². The van der Waals surface area contributed by atoms with Crippen molar-refractivity contribution in [3.63, 3.8) is 0 Å². The van der Waals surface area contributed by atoms with Gasteiger partial charge < -0.3 is 20.4 Å². The normalized spacial score (nSPS) is 15.2. The van der Waals surface area contributed by atoms with E-state index in [0.29, 0.717) is 18.9 Å². The van der Waals surface area contributed by atoms with Gasteiger partial charge in [-0.2, -0.15) is 0 Å². The molecule has 3 rings (SSSR count). The van der Waals surface area contributed by atoms with Crippen molar-refractivity contribution in [3.05, 3.63) is 66.2 Å². The Balaban J connectivity index is 0.00000320. The van der Waals surface area contributed by atoms with Crippen LogP contribution in [0.4, 0.5) is 5.69 Å². The molecule has 1 heterocycles. The van der Waals surface area contributed by atoms with Gasteiger partial charge in [-0.15, -0.1) is 24.0 Å². The van der Waals surface area contributed by atoms with Crippen molar-refractivity contribution >= 4 is 41.5 Å². The molecule has 2 N–H and O–H groups in total. The minimum atomic E-state index is 0. The summed E-state index contributed by atoms with van der Waals surface area (Å²) in [6, 6.07) is 20.8. The van der Waals surface area contributed by atoms with E-state index in [0.717, 1.165) is 26.2 Å². The first-order chi connectivity index (χ1) is 14.2. The quantitative estimate of drug-likeness (QED) is 0.348. The van der Waals surface area contributed by atoms with E-state index < -0.39 is 0 Å². The lowest BCUT2D eigenvalue weighted by atomic mass is 10.1. The minimum absolute atomic E-state index is 0. The molecule has 1 amide bonds. The number of anilines is 1. The monoisotopic (exact) mass is 521 g/mol. The average Bonchev–Trinajstić information content (AvgIpc) is 2.79. The maximum absolute atomic E-state index is 12.6. The fraction of sp³-hybridized carbons (Fsp3) is 0.391. The van der Waals surface area contributed by atoms with Crippen LogP contribution in [-0.2, 0) is 4.79 Å². The molecule has 1 aliphatic heterocycles. The highest BCUT2D eigenvalue weighted by atomic mass is 127. The van der Waals surface area contributed by atoms with Gasteiger partial charge >= 0.3 is 0 Å². The van der Waals surface area contributed by atoms with Crippen molar-refractivity contribution in [1.82, 2.24) is 15.5 Å². The Labute approximate surface area is 196 Å². The Morgan fingerprint density at radius 3 is 2.20 bits per heavy atom. The smallest absolute Gasteiger partial charge is 0.224 e. The van der Waals surface area contributed by atoms with Gasteiger partial charge in [0.1, 0.15) is 0 Å². The Morgan fingerprint density at radius 2 is 1.60 bits per heavy atom. The van der Waals surface area contributed by atoms with Crippen LogP contribution in [0.3, 0.4) is 0 Å². The van der Waals surface area contributed by atoms with Crippen LogP contribution >= 0.6 is 24.0 Å². The summed E-state index contributed by atoms with van der Waals surface area (Å²) in [7, 11) is 1.75. The Hall–Kier alpha value is -2.29. The number of carbonyl (C=O) groups is 1. The standard InChI is InChI=1S/C23H31N5O.HI/c1-19(20-9-5-3-6-10-20)26-23(24-2)25-14-13-22(29)28-17-15-27(16-18-28)21-11-7-4-8-12-21;/h3-12,19H,13-18H2,1-2H3,(H2,24,25,26);1H. The van der Waals surface area contributed by atoms with Gasteiger partial charge in [-0.3, -0.25) is 9.79 Å². The zero-order chi connectivity index (χ0) is 20.5. The number of benzene rings is 2. The van der Waals surface area contributed by atoms with E-state index in [4.69, 9.17) is 0 Å². The summed E-state index contributed by atoms with van der Waals surface area (Å²) < 4.78 is 0. The van der Waals surface area contributed by atoms with Gasteiger partial charge in [0, 0.05) is 51.9 Å². The number of hydrogen-bond donors (Lipinski definition) is 2. The maximum Gasteiger partial charge on any atom is 0.224 e. The van der Waals surface area contributed by atoms with Gasteiger partial charge in [0.2, 0.25) is 5.91 Å². The number of amides is 1.